The maximum Gasteiger partial charge on any atom is 0.295 e. The topological polar surface area (TPSA) is 82.9 Å². The molecule has 4 aliphatic rings. The van der Waals surface area contributed by atoms with Gasteiger partial charge in [0, 0.05) is 11.1 Å². The second kappa shape index (κ2) is 9.92. The van der Waals surface area contributed by atoms with Crippen LogP contribution < -0.4 is 10.9 Å². The first-order chi connectivity index (χ1) is 17.1. The molecule has 0 aliphatic heterocycles. The minimum Gasteiger partial charge on any atom is -0.323 e. The van der Waals surface area contributed by atoms with Crippen LogP contribution in [0.4, 0.5) is 0 Å². The molecule has 5 atom stereocenters. The van der Waals surface area contributed by atoms with Gasteiger partial charge in [0.25, 0.3) is 11.8 Å². The van der Waals surface area contributed by atoms with E-state index in [9.17, 15) is 9.59 Å². The Morgan fingerprint density at radius 2 is 1.41 bits per heavy atom. The van der Waals surface area contributed by atoms with Gasteiger partial charge >= 0.3 is 0 Å². The van der Waals surface area contributed by atoms with Gasteiger partial charge in [-0.2, -0.15) is 10.2 Å². The quantitative estimate of drug-likeness (QED) is 0.421. The van der Waals surface area contributed by atoms with Crippen molar-refractivity contribution in [2.24, 2.45) is 38.8 Å². The highest BCUT2D eigenvalue weighted by Gasteiger charge is 2.58. The Morgan fingerprint density at radius 1 is 0.811 bits per heavy atom. The molecule has 37 heavy (non-hydrogen) atoms. The molecule has 8 heteroatoms. The fourth-order valence-corrected chi connectivity index (χ4v) is 7.83. The van der Waals surface area contributed by atoms with Crippen LogP contribution in [0.1, 0.15) is 65.2 Å². The SMILES string of the molecule is C[C@]12CC/C(=N/NC(=O)C[N+](C)(C)C)C=C1CC[C@@H]1[C@@H]2CC[C@]2(C)/C(=N\NC(=O)C[N+](C)(C)C)CC[C@@H]12. The van der Waals surface area contributed by atoms with Crippen molar-refractivity contribution in [1.29, 1.82) is 0 Å². The van der Waals surface area contributed by atoms with Gasteiger partial charge in [0.2, 0.25) is 0 Å². The third-order valence-corrected chi connectivity index (χ3v) is 9.59. The second-order valence-electron chi connectivity index (χ2n) is 14.6. The molecule has 3 saturated carbocycles. The third-order valence-electron chi connectivity index (χ3n) is 9.59. The van der Waals surface area contributed by atoms with E-state index in [4.69, 9.17) is 5.10 Å². The minimum atomic E-state index is -0.0330. The normalized spacial score (nSPS) is 35.9. The van der Waals surface area contributed by atoms with E-state index in [0.717, 1.165) is 37.8 Å². The number of hydrazone groups is 2. The summed E-state index contributed by atoms with van der Waals surface area (Å²) in [7, 11) is 12.1. The molecule has 4 aliphatic carbocycles. The number of nitrogens with zero attached hydrogens (tertiary/aromatic N) is 4. The fraction of sp³-hybridized carbons (Fsp3) is 0.793. The molecule has 206 valence electrons. The predicted molar refractivity (Wildman–Crippen MR) is 149 cm³/mol. The van der Waals surface area contributed by atoms with Gasteiger partial charge < -0.3 is 8.97 Å². The van der Waals surface area contributed by atoms with Crippen LogP contribution >= 0.6 is 0 Å². The lowest BCUT2D eigenvalue weighted by Crippen LogP contribution is -2.51. The number of hydrogen-bond acceptors (Lipinski definition) is 4. The second-order valence-corrected chi connectivity index (χ2v) is 14.6. The van der Waals surface area contributed by atoms with Gasteiger partial charge in [-0.15, -0.1) is 0 Å². The monoisotopic (exact) mass is 514 g/mol. The number of fused-ring (bicyclic) bond motifs is 5. The van der Waals surface area contributed by atoms with Gasteiger partial charge in [-0.25, -0.2) is 10.9 Å². The molecule has 0 radical (unpaired) electrons. The molecule has 0 spiro atoms. The zero-order valence-corrected chi connectivity index (χ0v) is 24.5. The molecular weight excluding hydrogens is 464 g/mol. The van der Waals surface area contributed by atoms with Crippen molar-refractivity contribution >= 4 is 23.2 Å². The van der Waals surface area contributed by atoms with Crippen LogP contribution in [-0.4, -0.2) is 87.6 Å². The molecule has 0 aromatic heterocycles. The molecule has 4 rings (SSSR count). The number of carbonyl (C=O) groups is 2. The summed E-state index contributed by atoms with van der Waals surface area (Å²) in [5, 5.41) is 9.21. The van der Waals surface area contributed by atoms with Crippen LogP contribution in [-0.2, 0) is 9.59 Å². The summed E-state index contributed by atoms with van der Waals surface area (Å²) in [5.74, 6) is 2.00. The first-order valence-corrected chi connectivity index (χ1v) is 14.1. The van der Waals surface area contributed by atoms with Crippen molar-refractivity contribution in [1.82, 2.24) is 10.9 Å². The van der Waals surface area contributed by atoms with Crippen LogP contribution in [0.3, 0.4) is 0 Å². The van der Waals surface area contributed by atoms with Crippen molar-refractivity contribution in [3.63, 3.8) is 0 Å². The van der Waals surface area contributed by atoms with Crippen LogP contribution in [0.25, 0.3) is 0 Å². The van der Waals surface area contributed by atoms with E-state index in [-0.39, 0.29) is 22.6 Å². The Morgan fingerprint density at radius 3 is 2.03 bits per heavy atom. The lowest BCUT2D eigenvalue weighted by atomic mass is 9.47. The van der Waals surface area contributed by atoms with Crippen molar-refractivity contribution in [2.45, 2.75) is 65.2 Å². The number of hydrogen-bond donors (Lipinski definition) is 2. The molecule has 2 N–H and O–H groups in total. The van der Waals surface area contributed by atoms with Gasteiger partial charge in [-0.1, -0.05) is 19.4 Å². The van der Waals surface area contributed by atoms with E-state index < -0.39 is 0 Å². The summed E-state index contributed by atoms with van der Waals surface area (Å²) in [6.07, 6.45) is 11.2. The summed E-state index contributed by atoms with van der Waals surface area (Å²) in [6, 6.07) is 0. The smallest absolute Gasteiger partial charge is 0.295 e. The van der Waals surface area contributed by atoms with Crippen molar-refractivity contribution in [3.05, 3.63) is 11.6 Å². The summed E-state index contributed by atoms with van der Waals surface area (Å²) in [5.41, 5.74) is 9.74. The van der Waals surface area contributed by atoms with Crippen molar-refractivity contribution < 1.29 is 18.6 Å². The number of rotatable bonds is 6. The van der Waals surface area contributed by atoms with E-state index in [1.807, 2.05) is 42.3 Å². The van der Waals surface area contributed by atoms with Crippen molar-refractivity contribution in [3.8, 4) is 0 Å². The van der Waals surface area contributed by atoms with E-state index in [0.29, 0.717) is 39.8 Å². The summed E-state index contributed by atoms with van der Waals surface area (Å²) in [4.78, 5) is 24.7. The maximum atomic E-state index is 12.4. The molecule has 8 nitrogen and oxygen atoms in total. The van der Waals surface area contributed by atoms with Crippen LogP contribution in [0.2, 0.25) is 0 Å². The maximum absolute atomic E-state index is 12.4. The third kappa shape index (κ3) is 6.00. The fourth-order valence-electron chi connectivity index (χ4n) is 7.83. The van der Waals surface area contributed by atoms with Gasteiger partial charge in [0.05, 0.1) is 48.0 Å². The lowest BCUT2D eigenvalue weighted by molar-refractivity contribution is -0.862. The number of likely N-dealkylation sites (N-methyl/N-ethyl adjacent to an activating group) is 2. The highest BCUT2D eigenvalue weighted by Crippen LogP contribution is 2.64. The Hall–Kier alpha value is -2.06. The van der Waals surface area contributed by atoms with E-state index >= 15 is 0 Å². The number of nitrogens with one attached hydrogen (secondary N) is 2. The van der Waals surface area contributed by atoms with Gasteiger partial charge in [0.1, 0.15) is 0 Å². The lowest BCUT2D eigenvalue weighted by Gasteiger charge is -2.57. The molecule has 0 bridgehead atoms. The molecule has 0 aromatic carbocycles. The number of allylic oxidation sites excluding steroid dienone is 2. The molecule has 3 fully saturated rings. The van der Waals surface area contributed by atoms with Crippen LogP contribution in [0.5, 0.6) is 0 Å². The van der Waals surface area contributed by atoms with Crippen LogP contribution in [0.15, 0.2) is 21.9 Å². The Kier molecular flexibility index (Phi) is 7.49. The average molecular weight is 515 g/mol. The Balaban J connectivity index is 1.45. The predicted octanol–water partition coefficient (Wildman–Crippen LogP) is 3.31. The van der Waals surface area contributed by atoms with Gasteiger partial charge in [0.15, 0.2) is 13.1 Å². The molecule has 0 aromatic rings. The van der Waals surface area contributed by atoms with Crippen LogP contribution in [0, 0.1) is 28.6 Å². The van der Waals surface area contributed by atoms with Gasteiger partial charge in [-0.3, -0.25) is 9.59 Å². The Bertz CT molecular complexity index is 1020. The Labute approximate surface area is 223 Å². The van der Waals surface area contributed by atoms with E-state index in [2.05, 4.69) is 35.9 Å². The minimum absolute atomic E-state index is 0.00553. The zero-order valence-electron chi connectivity index (χ0n) is 24.5. The van der Waals surface area contributed by atoms with E-state index in [1.54, 1.807) is 0 Å². The largest absolute Gasteiger partial charge is 0.323 e. The first-order valence-electron chi connectivity index (χ1n) is 14.1. The number of quaternary nitrogens is 2. The van der Waals surface area contributed by atoms with Crippen molar-refractivity contribution in [2.75, 3.05) is 55.4 Å². The molecular formula is C29H50N6O2+2. The van der Waals surface area contributed by atoms with E-state index in [1.165, 1.54) is 30.5 Å². The zero-order chi connectivity index (χ0) is 27.2. The highest BCUT2D eigenvalue weighted by atomic mass is 16.2. The molecule has 2 amide bonds. The summed E-state index contributed by atoms with van der Waals surface area (Å²) < 4.78 is 1.19. The average Bonchev–Trinajstić information content (AvgIpc) is 3.10. The molecule has 0 heterocycles. The highest BCUT2D eigenvalue weighted by molar-refractivity contribution is 5.97. The summed E-state index contributed by atoms with van der Waals surface area (Å²) in [6.45, 7) is 5.74. The molecule has 0 unspecified atom stereocenters. The summed E-state index contributed by atoms with van der Waals surface area (Å²) >= 11 is 0. The number of amides is 2. The standard InChI is InChI=1S/C29H48N6O2/c1-28-15-13-21(30-32-26(36)18-34(3,4)5)17-20(28)9-10-22-23-11-12-25(29(23,2)16-14-24(22)28)31-33-27(37)19-35(6,7)8/h17,22-24H,9-16,18-19H2,1-8H3/p+2/b30-21-,31-25-/t22-,23-,24-,28-,29-/m0/s1. The van der Waals surface area contributed by atoms with Gasteiger partial charge in [-0.05, 0) is 80.6 Å². The first kappa shape index (κ1) is 28.0. The molecule has 0 saturated heterocycles. The number of carbonyl (C=O) groups excluding carboxylic acids is 2.